The molecule has 1 aromatic carbocycles. The standard InChI is InChI=1S/C16H21N3/c1-13(12-19-10-4-9-18-19)17-11-15-5-2-3-6-16(15)14-7-8-14/h2-6,9-10,13-14,17H,7-8,11-12H2,1H3. The van der Waals surface area contributed by atoms with Gasteiger partial charge in [-0.3, -0.25) is 4.68 Å². The van der Waals surface area contributed by atoms with E-state index in [0.717, 1.165) is 19.0 Å². The lowest BCUT2D eigenvalue weighted by atomic mass is 10.0. The van der Waals surface area contributed by atoms with E-state index < -0.39 is 0 Å². The van der Waals surface area contributed by atoms with Gasteiger partial charge in [-0.1, -0.05) is 24.3 Å². The Labute approximate surface area is 114 Å². The Balaban J connectivity index is 1.57. The summed E-state index contributed by atoms with van der Waals surface area (Å²) in [5, 5.41) is 7.84. The molecule has 1 aromatic heterocycles. The third-order valence-corrected chi connectivity index (χ3v) is 3.73. The number of benzene rings is 1. The van der Waals surface area contributed by atoms with E-state index in [9.17, 15) is 0 Å². The lowest BCUT2D eigenvalue weighted by molar-refractivity contribution is 0.450. The van der Waals surface area contributed by atoms with Crippen LogP contribution in [-0.2, 0) is 13.1 Å². The van der Waals surface area contributed by atoms with Crippen molar-refractivity contribution in [1.29, 1.82) is 0 Å². The van der Waals surface area contributed by atoms with Gasteiger partial charge in [-0.05, 0) is 42.9 Å². The summed E-state index contributed by atoms with van der Waals surface area (Å²) in [6, 6.07) is 11.2. The van der Waals surface area contributed by atoms with Gasteiger partial charge in [0.05, 0.1) is 6.54 Å². The van der Waals surface area contributed by atoms with Gasteiger partial charge in [0, 0.05) is 25.0 Å². The van der Waals surface area contributed by atoms with Crippen LogP contribution in [-0.4, -0.2) is 15.8 Å². The van der Waals surface area contributed by atoms with Crippen LogP contribution in [0.1, 0.15) is 36.8 Å². The molecule has 1 aliphatic carbocycles. The van der Waals surface area contributed by atoms with E-state index in [1.54, 1.807) is 5.56 Å². The van der Waals surface area contributed by atoms with Crippen LogP contribution in [0.3, 0.4) is 0 Å². The van der Waals surface area contributed by atoms with E-state index in [0.29, 0.717) is 6.04 Å². The van der Waals surface area contributed by atoms with Crippen molar-refractivity contribution in [3.8, 4) is 0 Å². The summed E-state index contributed by atoms with van der Waals surface area (Å²) in [6.45, 7) is 4.08. The minimum Gasteiger partial charge on any atom is -0.308 e. The van der Waals surface area contributed by atoms with Crippen molar-refractivity contribution in [3.05, 3.63) is 53.9 Å². The Morgan fingerprint density at radius 1 is 1.32 bits per heavy atom. The maximum atomic E-state index is 4.24. The Kier molecular flexibility index (Phi) is 3.65. The molecule has 0 amide bonds. The van der Waals surface area contributed by atoms with Crippen molar-refractivity contribution < 1.29 is 0 Å². The van der Waals surface area contributed by atoms with Crippen LogP contribution in [0, 0.1) is 0 Å². The molecular weight excluding hydrogens is 234 g/mol. The van der Waals surface area contributed by atoms with E-state index in [-0.39, 0.29) is 0 Å². The first-order chi connectivity index (χ1) is 9.33. The third kappa shape index (κ3) is 3.24. The zero-order chi connectivity index (χ0) is 13.1. The van der Waals surface area contributed by atoms with Crippen LogP contribution < -0.4 is 5.32 Å². The van der Waals surface area contributed by atoms with Gasteiger partial charge in [-0.25, -0.2) is 0 Å². The summed E-state index contributed by atoms with van der Waals surface area (Å²) >= 11 is 0. The highest BCUT2D eigenvalue weighted by molar-refractivity contribution is 5.33. The van der Waals surface area contributed by atoms with Crippen LogP contribution in [0.4, 0.5) is 0 Å². The van der Waals surface area contributed by atoms with Crippen molar-refractivity contribution in [2.24, 2.45) is 0 Å². The second-order valence-corrected chi connectivity index (χ2v) is 5.48. The Morgan fingerprint density at radius 3 is 2.89 bits per heavy atom. The highest BCUT2D eigenvalue weighted by Gasteiger charge is 2.25. The summed E-state index contributed by atoms with van der Waals surface area (Å²) in [7, 11) is 0. The average Bonchev–Trinajstić information content (AvgIpc) is 3.15. The number of hydrogen-bond acceptors (Lipinski definition) is 2. The van der Waals surface area contributed by atoms with Crippen LogP contribution in [0.15, 0.2) is 42.7 Å². The topological polar surface area (TPSA) is 29.9 Å². The summed E-state index contributed by atoms with van der Waals surface area (Å²) in [5.41, 5.74) is 3.00. The smallest absolute Gasteiger partial charge is 0.0560 e. The Bertz CT molecular complexity index is 515. The molecule has 0 aliphatic heterocycles. The average molecular weight is 255 g/mol. The second kappa shape index (κ2) is 5.57. The number of nitrogens with one attached hydrogen (secondary N) is 1. The van der Waals surface area contributed by atoms with Gasteiger partial charge >= 0.3 is 0 Å². The largest absolute Gasteiger partial charge is 0.308 e. The van der Waals surface area contributed by atoms with Crippen molar-refractivity contribution in [3.63, 3.8) is 0 Å². The molecule has 0 radical (unpaired) electrons. The molecule has 0 spiro atoms. The Morgan fingerprint density at radius 2 is 2.16 bits per heavy atom. The molecule has 1 atom stereocenters. The summed E-state index contributed by atoms with van der Waals surface area (Å²) in [6.07, 6.45) is 6.56. The normalized spacial score (nSPS) is 16.5. The third-order valence-electron chi connectivity index (χ3n) is 3.73. The first-order valence-corrected chi connectivity index (χ1v) is 7.11. The summed E-state index contributed by atoms with van der Waals surface area (Å²) < 4.78 is 1.98. The van der Waals surface area contributed by atoms with E-state index in [2.05, 4.69) is 41.6 Å². The van der Waals surface area contributed by atoms with Crippen molar-refractivity contribution in [2.75, 3.05) is 0 Å². The molecule has 1 heterocycles. The molecule has 1 unspecified atom stereocenters. The van der Waals surface area contributed by atoms with Crippen LogP contribution in [0.25, 0.3) is 0 Å². The molecule has 3 nitrogen and oxygen atoms in total. The molecule has 0 bridgehead atoms. The summed E-state index contributed by atoms with van der Waals surface area (Å²) in [4.78, 5) is 0. The lowest BCUT2D eigenvalue weighted by Crippen LogP contribution is -2.30. The molecule has 1 aliphatic rings. The summed E-state index contributed by atoms with van der Waals surface area (Å²) in [5.74, 6) is 0.819. The molecule has 1 saturated carbocycles. The second-order valence-electron chi connectivity index (χ2n) is 5.48. The van der Waals surface area contributed by atoms with Gasteiger partial charge in [-0.15, -0.1) is 0 Å². The van der Waals surface area contributed by atoms with Crippen LogP contribution >= 0.6 is 0 Å². The predicted octanol–water partition coefficient (Wildman–Crippen LogP) is 2.94. The van der Waals surface area contributed by atoms with Gasteiger partial charge < -0.3 is 5.32 Å². The molecule has 100 valence electrons. The zero-order valence-electron chi connectivity index (χ0n) is 11.4. The highest BCUT2D eigenvalue weighted by atomic mass is 15.3. The fraction of sp³-hybridized carbons (Fsp3) is 0.438. The predicted molar refractivity (Wildman–Crippen MR) is 76.9 cm³/mol. The molecule has 1 N–H and O–H groups in total. The lowest BCUT2D eigenvalue weighted by Gasteiger charge is -2.16. The highest BCUT2D eigenvalue weighted by Crippen LogP contribution is 2.41. The van der Waals surface area contributed by atoms with Gasteiger partial charge in [-0.2, -0.15) is 5.10 Å². The number of nitrogens with zero attached hydrogens (tertiary/aromatic N) is 2. The van der Waals surface area contributed by atoms with Gasteiger partial charge in [0.1, 0.15) is 0 Å². The zero-order valence-corrected chi connectivity index (χ0v) is 11.4. The molecule has 2 aromatic rings. The molecule has 1 fully saturated rings. The SMILES string of the molecule is CC(Cn1cccn1)NCc1ccccc1C1CC1. The molecule has 3 rings (SSSR count). The first-order valence-electron chi connectivity index (χ1n) is 7.11. The first kappa shape index (κ1) is 12.4. The molecular formula is C16H21N3. The fourth-order valence-corrected chi connectivity index (χ4v) is 2.53. The number of aromatic nitrogens is 2. The van der Waals surface area contributed by atoms with E-state index in [1.807, 2.05) is 23.1 Å². The molecule has 0 saturated heterocycles. The van der Waals surface area contributed by atoms with E-state index >= 15 is 0 Å². The number of hydrogen-bond donors (Lipinski definition) is 1. The molecule has 3 heteroatoms. The van der Waals surface area contributed by atoms with Crippen LogP contribution in [0.5, 0.6) is 0 Å². The Hall–Kier alpha value is -1.61. The van der Waals surface area contributed by atoms with Gasteiger partial charge in [0.25, 0.3) is 0 Å². The van der Waals surface area contributed by atoms with E-state index in [4.69, 9.17) is 0 Å². The number of rotatable bonds is 6. The van der Waals surface area contributed by atoms with Crippen molar-refractivity contribution in [1.82, 2.24) is 15.1 Å². The molecule has 19 heavy (non-hydrogen) atoms. The van der Waals surface area contributed by atoms with Gasteiger partial charge in [0.15, 0.2) is 0 Å². The van der Waals surface area contributed by atoms with Crippen molar-refractivity contribution >= 4 is 0 Å². The maximum Gasteiger partial charge on any atom is 0.0560 e. The van der Waals surface area contributed by atoms with Gasteiger partial charge in [0.2, 0.25) is 0 Å². The van der Waals surface area contributed by atoms with E-state index in [1.165, 1.54) is 18.4 Å². The monoisotopic (exact) mass is 255 g/mol. The quantitative estimate of drug-likeness (QED) is 0.860. The van der Waals surface area contributed by atoms with Crippen molar-refractivity contribution in [2.45, 2.75) is 44.8 Å². The van der Waals surface area contributed by atoms with Crippen LogP contribution in [0.2, 0.25) is 0 Å². The fourth-order valence-electron chi connectivity index (χ4n) is 2.53. The minimum atomic E-state index is 0.423. The minimum absolute atomic E-state index is 0.423. The maximum absolute atomic E-state index is 4.24.